The fourth-order valence-corrected chi connectivity index (χ4v) is 1.31. The maximum Gasteiger partial charge on any atom is 0.345 e. The van der Waals surface area contributed by atoms with Crippen LogP contribution in [0.3, 0.4) is 0 Å². The van der Waals surface area contributed by atoms with Crippen LogP contribution in [0.5, 0.6) is 5.75 Å². The number of halogens is 1. The second kappa shape index (κ2) is 4.26. The van der Waals surface area contributed by atoms with Crippen molar-refractivity contribution in [2.45, 2.75) is 0 Å². The molecule has 1 rings (SSSR count). The molecule has 0 aliphatic heterocycles. The summed E-state index contributed by atoms with van der Waals surface area (Å²) >= 11 is 2.91. The molecule has 0 fully saturated rings. The summed E-state index contributed by atoms with van der Waals surface area (Å²) in [5, 5.41) is 19.9. The number of nitro groups is 1. The summed E-state index contributed by atoms with van der Waals surface area (Å²) in [5.41, 5.74) is -0.713. The van der Waals surface area contributed by atoms with Gasteiger partial charge < -0.3 is 9.84 Å². The van der Waals surface area contributed by atoms with E-state index in [1.54, 1.807) is 0 Å². The van der Waals surface area contributed by atoms with Gasteiger partial charge in [0.2, 0.25) is 0 Å². The highest BCUT2D eigenvalue weighted by atomic mass is 79.9. The molecule has 7 heteroatoms. The van der Waals surface area contributed by atoms with E-state index in [9.17, 15) is 20.0 Å². The molecule has 0 unspecified atom stereocenters. The van der Waals surface area contributed by atoms with Gasteiger partial charge in [0.1, 0.15) is 11.3 Å². The number of nitrogens with zero attached hydrogens (tertiary/aromatic N) is 1. The van der Waals surface area contributed by atoms with Crippen LogP contribution in [0, 0.1) is 10.1 Å². The first-order chi connectivity index (χ1) is 6.97. The van der Waals surface area contributed by atoms with Gasteiger partial charge in [-0.3, -0.25) is 10.1 Å². The normalized spacial score (nSPS) is 9.73. The Hall–Kier alpha value is -1.63. The standard InChI is InChI=1S/C8H6BrNO5/c1-15-8(12)4-2-7(11)5(9)3-6(4)10(13)14/h2-3,11H,1H3. The predicted molar refractivity (Wildman–Crippen MR) is 53.8 cm³/mol. The van der Waals surface area contributed by atoms with Crippen LogP contribution in [0.4, 0.5) is 5.69 Å². The maximum absolute atomic E-state index is 11.1. The molecule has 0 heterocycles. The minimum absolute atomic E-state index is 0.141. The van der Waals surface area contributed by atoms with Crippen molar-refractivity contribution in [3.63, 3.8) is 0 Å². The van der Waals surface area contributed by atoms with Gasteiger partial charge in [0, 0.05) is 12.1 Å². The molecule has 0 amide bonds. The van der Waals surface area contributed by atoms with Crippen LogP contribution in [-0.2, 0) is 4.74 Å². The number of nitro benzene ring substituents is 1. The lowest BCUT2D eigenvalue weighted by Gasteiger charge is -2.03. The third-order valence-electron chi connectivity index (χ3n) is 1.67. The molecule has 0 aromatic heterocycles. The molecular weight excluding hydrogens is 270 g/mol. The van der Waals surface area contributed by atoms with E-state index in [1.807, 2.05) is 0 Å². The van der Waals surface area contributed by atoms with Crippen molar-refractivity contribution < 1.29 is 19.6 Å². The Balaban J connectivity index is 3.41. The van der Waals surface area contributed by atoms with E-state index < -0.39 is 16.6 Å². The topological polar surface area (TPSA) is 89.7 Å². The molecule has 0 saturated heterocycles. The van der Waals surface area contributed by atoms with E-state index >= 15 is 0 Å². The molecule has 0 bridgehead atoms. The minimum atomic E-state index is -0.871. The van der Waals surface area contributed by atoms with Gasteiger partial charge >= 0.3 is 5.97 Å². The lowest BCUT2D eigenvalue weighted by Crippen LogP contribution is -2.05. The van der Waals surface area contributed by atoms with Crippen LogP contribution in [0.1, 0.15) is 10.4 Å². The number of methoxy groups -OCH3 is 1. The SMILES string of the molecule is COC(=O)c1cc(O)c(Br)cc1[N+](=O)[O-]. The Morgan fingerprint density at radius 1 is 1.60 bits per heavy atom. The second-order valence-corrected chi connectivity index (χ2v) is 3.42. The summed E-state index contributed by atoms with van der Waals surface area (Å²) in [6, 6.07) is 2.02. The third-order valence-corrected chi connectivity index (χ3v) is 2.30. The minimum Gasteiger partial charge on any atom is -0.507 e. The van der Waals surface area contributed by atoms with Gasteiger partial charge in [0.25, 0.3) is 5.69 Å². The van der Waals surface area contributed by atoms with E-state index in [-0.39, 0.29) is 15.8 Å². The number of carbonyl (C=O) groups is 1. The first-order valence-electron chi connectivity index (χ1n) is 3.72. The Bertz CT molecular complexity index is 431. The summed E-state index contributed by atoms with van der Waals surface area (Å²) < 4.78 is 4.49. The van der Waals surface area contributed by atoms with Gasteiger partial charge in [-0.25, -0.2) is 4.79 Å². The number of aromatic hydroxyl groups is 1. The highest BCUT2D eigenvalue weighted by Gasteiger charge is 2.23. The zero-order chi connectivity index (χ0) is 11.6. The highest BCUT2D eigenvalue weighted by molar-refractivity contribution is 9.10. The highest BCUT2D eigenvalue weighted by Crippen LogP contribution is 2.32. The molecule has 6 nitrogen and oxygen atoms in total. The van der Waals surface area contributed by atoms with E-state index in [0.29, 0.717) is 0 Å². The molecule has 0 aliphatic rings. The van der Waals surface area contributed by atoms with Gasteiger partial charge in [-0.2, -0.15) is 0 Å². The van der Waals surface area contributed by atoms with Crippen LogP contribution in [0.15, 0.2) is 16.6 Å². The number of ether oxygens (including phenoxy) is 1. The third kappa shape index (κ3) is 2.24. The summed E-state index contributed by atoms with van der Waals surface area (Å²) in [4.78, 5) is 21.0. The number of benzene rings is 1. The number of carbonyl (C=O) groups excluding carboxylic acids is 1. The van der Waals surface area contributed by atoms with Crippen LogP contribution < -0.4 is 0 Å². The lowest BCUT2D eigenvalue weighted by atomic mass is 10.1. The van der Waals surface area contributed by atoms with E-state index in [1.165, 1.54) is 0 Å². The van der Waals surface area contributed by atoms with Gasteiger partial charge in [0.05, 0.1) is 16.5 Å². The van der Waals surface area contributed by atoms with Crippen molar-refractivity contribution in [3.05, 3.63) is 32.3 Å². The number of phenolic OH excluding ortho intramolecular Hbond substituents is 1. The van der Waals surface area contributed by atoms with E-state index in [4.69, 9.17) is 0 Å². The Kier molecular flexibility index (Phi) is 3.25. The number of phenols is 1. The summed E-state index contributed by atoms with van der Waals surface area (Å²) in [6.45, 7) is 0. The quantitative estimate of drug-likeness (QED) is 0.505. The Morgan fingerprint density at radius 3 is 2.67 bits per heavy atom. The maximum atomic E-state index is 11.1. The summed E-state index contributed by atoms with van der Waals surface area (Å²) in [6.07, 6.45) is 0. The molecule has 0 spiro atoms. The van der Waals surface area contributed by atoms with Crippen molar-refractivity contribution in [3.8, 4) is 5.75 Å². The molecule has 80 valence electrons. The van der Waals surface area contributed by atoms with Crippen LogP contribution in [-0.4, -0.2) is 23.1 Å². The molecule has 1 aromatic carbocycles. The zero-order valence-electron chi connectivity index (χ0n) is 7.56. The van der Waals surface area contributed by atoms with Gasteiger partial charge in [0.15, 0.2) is 0 Å². The zero-order valence-corrected chi connectivity index (χ0v) is 9.15. The number of rotatable bonds is 2. The Morgan fingerprint density at radius 2 is 2.20 bits per heavy atom. The van der Waals surface area contributed by atoms with Crippen molar-refractivity contribution >= 4 is 27.6 Å². The fourth-order valence-electron chi connectivity index (χ4n) is 0.976. The van der Waals surface area contributed by atoms with Gasteiger partial charge in [-0.05, 0) is 15.9 Å². The number of esters is 1. The Labute approximate surface area is 92.8 Å². The molecular formula is C8H6BrNO5. The first-order valence-corrected chi connectivity index (χ1v) is 4.52. The molecule has 0 radical (unpaired) electrons. The lowest BCUT2D eigenvalue weighted by molar-refractivity contribution is -0.385. The second-order valence-electron chi connectivity index (χ2n) is 2.57. The van der Waals surface area contributed by atoms with Crippen molar-refractivity contribution in [2.24, 2.45) is 0 Å². The van der Waals surface area contributed by atoms with Crippen LogP contribution in [0.25, 0.3) is 0 Å². The molecule has 1 aromatic rings. The summed E-state index contributed by atoms with van der Waals surface area (Å²) in [7, 11) is 1.10. The molecule has 0 atom stereocenters. The summed E-state index contributed by atoms with van der Waals surface area (Å²) in [5.74, 6) is -1.13. The smallest absolute Gasteiger partial charge is 0.345 e. The number of hydrogen-bond donors (Lipinski definition) is 1. The molecule has 0 saturated carbocycles. The number of hydrogen-bond acceptors (Lipinski definition) is 5. The largest absolute Gasteiger partial charge is 0.507 e. The molecule has 0 aliphatic carbocycles. The molecule has 1 N–H and O–H groups in total. The average molecular weight is 276 g/mol. The van der Waals surface area contributed by atoms with Crippen LogP contribution in [0.2, 0.25) is 0 Å². The average Bonchev–Trinajstić information content (AvgIpc) is 2.20. The van der Waals surface area contributed by atoms with E-state index in [2.05, 4.69) is 20.7 Å². The first kappa shape index (κ1) is 11.4. The van der Waals surface area contributed by atoms with E-state index in [0.717, 1.165) is 19.2 Å². The van der Waals surface area contributed by atoms with Crippen molar-refractivity contribution in [2.75, 3.05) is 7.11 Å². The monoisotopic (exact) mass is 275 g/mol. The van der Waals surface area contributed by atoms with Crippen LogP contribution >= 0.6 is 15.9 Å². The van der Waals surface area contributed by atoms with Gasteiger partial charge in [-0.15, -0.1) is 0 Å². The van der Waals surface area contributed by atoms with Gasteiger partial charge in [-0.1, -0.05) is 0 Å². The predicted octanol–water partition coefficient (Wildman–Crippen LogP) is 1.85. The fraction of sp³-hybridized carbons (Fsp3) is 0.125. The van der Waals surface area contributed by atoms with Crippen molar-refractivity contribution in [1.29, 1.82) is 0 Å². The molecule has 15 heavy (non-hydrogen) atoms. The van der Waals surface area contributed by atoms with Crippen molar-refractivity contribution in [1.82, 2.24) is 0 Å².